The normalized spacial score (nSPS) is 25.5. The number of aliphatic hydroxyl groups excluding tert-OH is 1. The summed E-state index contributed by atoms with van der Waals surface area (Å²) in [6.45, 7) is 7.45. The number of carbonyl (C=O) groups is 3. The fourth-order valence-corrected chi connectivity index (χ4v) is 5.84. The van der Waals surface area contributed by atoms with E-state index in [1.54, 1.807) is 6.92 Å². The molecule has 2 aromatic carbocycles. The largest absolute Gasteiger partial charge is 0.466 e. The van der Waals surface area contributed by atoms with E-state index >= 15 is 0 Å². The van der Waals surface area contributed by atoms with Gasteiger partial charge in [0.15, 0.2) is 0 Å². The highest BCUT2D eigenvalue weighted by molar-refractivity contribution is 6.02. The highest BCUT2D eigenvalue weighted by Crippen LogP contribution is 2.48. The maximum Gasteiger partial charge on any atom is 0.310 e. The predicted molar refractivity (Wildman–Crippen MR) is 141 cm³/mol. The van der Waals surface area contributed by atoms with Crippen LogP contribution in [0.3, 0.4) is 0 Å². The van der Waals surface area contributed by atoms with E-state index in [0.29, 0.717) is 12.1 Å². The molecule has 1 fully saturated rings. The maximum atomic E-state index is 14.2. The van der Waals surface area contributed by atoms with Crippen LogP contribution in [0.4, 0.5) is 5.69 Å². The van der Waals surface area contributed by atoms with E-state index in [1.165, 1.54) is 4.90 Å². The standard InChI is InChI=1S/C30H36N2O5/c1-5-20-14-15-22-26(25(20)30(36)37-6-2)29(35)32(24(17-33)21-10-8-7-9-11-21)27(22)28(34)31-23-16-18(3)12-13-19(23)4/h7-16,20,22,24-27,33H,5-6,17H2,1-4H3,(H,31,34)/t20-,22+,24-,25-,26+,27+/m1/s1. The molecular formula is C30H36N2O5. The molecule has 37 heavy (non-hydrogen) atoms. The molecule has 0 saturated carbocycles. The van der Waals surface area contributed by atoms with Crippen molar-refractivity contribution in [2.45, 2.75) is 46.2 Å². The minimum absolute atomic E-state index is 0.170. The van der Waals surface area contributed by atoms with E-state index in [0.717, 1.165) is 16.7 Å². The number of likely N-dealkylation sites (tertiary alicyclic amines) is 1. The number of nitrogens with zero attached hydrogens (tertiary/aromatic N) is 1. The van der Waals surface area contributed by atoms with Gasteiger partial charge in [-0.3, -0.25) is 14.4 Å². The molecule has 0 spiro atoms. The number of anilines is 1. The van der Waals surface area contributed by atoms with Crippen LogP contribution in [0.1, 0.15) is 43.0 Å². The first-order valence-corrected chi connectivity index (χ1v) is 13.0. The van der Waals surface area contributed by atoms with Crippen LogP contribution in [0.5, 0.6) is 0 Å². The molecule has 1 aliphatic heterocycles. The van der Waals surface area contributed by atoms with Crippen LogP contribution in [0, 0.1) is 37.5 Å². The van der Waals surface area contributed by atoms with Crippen molar-refractivity contribution in [1.29, 1.82) is 0 Å². The van der Waals surface area contributed by atoms with E-state index in [-0.39, 0.29) is 30.9 Å². The predicted octanol–water partition coefficient (Wildman–Crippen LogP) is 4.19. The Morgan fingerprint density at radius 2 is 1.81 bits per heavy atom. The van der Waals surface area contributed by atoms with Crippen molar-refractivity contribution < 1.29 is 24.2 Å². The van der Waals surface area contributed by atoms with Crippen LogP contribution in [0.2, 0.25) is 0 Å². The number of rotatable bonds is 8. The second-order valence-electron chi connectivity index (χ2n) is 9.94. The zero-order valence-corrected chi connectivity index (χ0v) is 21.9. The second kappa shape index (κ2) is 11.3. The molecule has 2 aromatic rings. The van der Waals surface area contributed by atoms with Gasteiger partial charge in [-0.2, -0.15) is 0 Å². The molecular weight excluding hydrogens is 468 g/mol. The molecule has 1 aliphatic carbocycles. The highest BCUT2D eigenvalue weighted by atomic mass is 16.5. The Morgan fingerprint density at radius 1 is 1.08 bits per heavy atom. The van der Waals surface area contributed by atoms with Crippen molar-refractivity contribution in [2.75, 3.05) is 18.5 Å². The molecule has 2 aliphatic rings. The Balaban J connectivity index is 1.80. The zero-order valence-electron chi connectivity index (χ0n) is 21.9. The van der Waals surface area contributed by atoms with Crippen LogP contribution in [-0.4, -0.2) is 47.0 Å². The Labute approximate surface area is 218 Å². The minimum atomic E-state index is -0.902. The summed E-state index contributed by atoms with van der Waals surface area (Å²) in [5.41, 5.74) is 3.31. The number of ether oxygens (including phenoxy) is 1. The van der Waals surface area contributed by atoms with Gasteiger partial charge in [0.05, 0.1) is 31.1 Å². The molecule has 0 bridgehead atoms. The monoisotopic (exact) mass is 504 g/mol. The molecule has 7 heteroatoms. The topological polar surface area (TPSA) is 95.9 Å². The minimum Gasteiger partial charge on any atom is -0.466 e. The summed E-state index contributed by atoms with van der Waals surface area (Å²) in [4.78, 5) is 42.8. The average Bonchev–Trinajstić information content (AvgIpc) is 3.19. The van der Waals surface area contributed by atoms with Gasteiger partial charge in [0.25, 0.3) is 0 Å². The number of amides is 2. The number of fused-ring (bicyclic) bond motifs is 1. The Morgan fingerprint density at radius 3 is 2.46 bits per heavy atom. The lowest BCUT2D eigenvalue weighted by Crippen LogP contribution is -2.47. The smallest absolute Gasteiger partial charge is 0.310 e. The SMILES string of the molecule is CCOC(=O)[C@H]1[C@H]2C(=O)N([C@H](CO)c3ccccc3)[C@H](C(=O)Nc3cc(C)ccc3C)[C@H]2C=C[C@H]1CC. The number of nitrogens with one attached hydrogen (secondary N) is 1. The fourth-order valence-electron chi connectivity index (χ4n) is 5.84. The van der Waals surface area contributed by atoms with Gasteiger partial charge in [-0.1, -0.05) is 61.5 Å². The van der Waals surface area contributed by atoms with Crippen LogP contribution >= 0.6 is 0 Å². The molecule has 6 atom stereocenters. The lowest BCUT2D eigenvalue weighted by molar-refractivity contribution is -0.156. The van der Waals surface area contributed by atoms with Crippen molar-refractivity contribution in [3.05, 3.63) is 77.4 Å². The number of hydrogen-bond acceptors (Lipinski definition) is 5. The van der Waals surface area contributed by atoms with Gasteiger partial charge < -0.3 is 20.1 Å². The van der Waals surface area contributed by atoms with Crippen molar-refractivity contribution in [2.24, 2.45) is 23.7 Å². The molecule has 4 rings (SSSR count). The number of hydrogen-bond donors (Lipinski definition) is 2. The lowest BCUT2D eigenvalue weighted by Gasteiger charge is -2.34. The van der Waals surface area contributed by atoms with Crippen molar-refractivity contribution in [1.82, 2.24) is 4.90 Å². The maximum absolute atomic E-state index is 14.2. The summed E-state index contributed by atoms with van der Waals surface area (Å²) in [5.74, 6) is -3.22. The summed E-state index contributed by atoms with van der Waals surface area (Å²) in [7, 11) is 0. The molecule has 7 nitrogen and oxygen atoms in total. The van der Waals surface area contributed by atoms with Gasteiger partial charge in [0.2, 0.25) is 11.8 Å². The molecule has 1 heterocycles. The average molecular weight is 505 g/mol. The van der Waals surface area contributed by atoms with E-state index in [4.69, 9.17) is 4.74 Å². The number of benzene rings is 2. The van der Waals surface area contributed by atoms with E-state index in [2.05, 4.69) is 5.32 Å². The summed E-state index contributed by atoms with van der Waals surface area (Å²) in [6.07, 6.45) is 4.53. The van der Waals surface area contributed by atoms with Gasteiger partial charge in [0, 0.05) is 11.6 Å². The molecule has 0 unspecified atom stereocenters. The van der Waals surface area contributed by atoms with E-state index in [9.17, 15) is 19.5 Å². The molecule has 0 radical (unpaired) electrons. The summed E-state index contributed by atoms with van der Waals surface area (Å²) in [5, 5.41) is 13.5. The van der Waals surface area contributed by atoms with E-state index in [1.807, 2.05) is 81.5 Å². The number of esters is 1. The quantitative estimate of drug-likeness (QED) is 0.415. The van der Waals surface area contributed by atoms with Gasteiger partial charge in [-0.15, -0.1) is 0 Å². The fraction of sp³-hybridized carbons (Fsp3) is 0.433. The van der Waals surface area contributed by atoms with Gasteiger partial charge in [0.1, 0.15) is 6.04 Å². The zero-order chi connectivity index (χ0) is 26.7. The Hall–Kier alpha value is -3.45. The Kier molecular flexibility index (Phi) is 8.13. The highest BCUT2D eigenvalue weighted by Gasteiger charge is 2.59. The number of aliphatic hydroxyl groups is 1. The molecule has 196 valence electrons. The third kappa shape index (κ3) is 5.05. The third-order valence-corrected chi connectivity index (χ3v) is 7.69. The lowest BCUT2D eigenvalue weighted by atomic mass is 9.69. The summed E-state index contributed by atoms with van der Waals surface area (Å²) >= 11 is 0. The van der Waals surface area contributed by atoms with Crippen LogP contribution in [0.15, 0.2) is 60.7 Å². The van der Waals surface area contributed by atoms with Gasteiger partial charge in [-0.05, 0) is 55.9 Å². The number of carbonyl (C=O) groups excluding carboxylic acids is 3. The van der Waals surface area contributed by atoms with Crippen LogP contribution in [-0.2, 0) is 19.1 Å². The van der Waals surface area contributed by atoms with Gasteiger partial charge >= 0.3 is 5.97 Å². The van der Waals surface area contributed by atoms with Crippen LogP contribution < -0.4 is 5.32 Å². The Bertz CT molecular complexity index is 1180. The molecule has 1 saturated heterocycles. The van der Waals surface area contributed by atoms with Crippen molar-refractivity contribution >= 4 is 23.5 Å². The number of allylic oxidation sites excluding steroid dienone is 1. The first-order chi connectivity index (χ1) is 17.8. The first kappa shape index (κ1) is 26.6. The first-order valence-electron chi connectivity index (χ1n) is 13.0. The molecule has 2 N–H and O–H groups in total. The summed E-state index contributed by atoms with van der Waals surface area (Å²) < 4.78 is 5.40. The number of aryl methyl sites for hydroxylation is 2. The second-order valence-corrected chi connectivity index (χ2v) is 9.94. The molecule has 0 aromatic heterocycles. The van der Waals surface area contributed by atoms with Gasteiger partial charge in [-0.25, -0.2) is 0 Å². The van der Waals surface area contributed by atoms with Crippen LogP contribution in [0.25, 0.3) is 0 Å². The third-order valence-electron chi connectivity index (χ3n) is 7.69. The van der Waals surface area contributed by atoms with Crippen molar-refractivity contribution in [3.8, 4) is 0 Å². The molecule has 2 amide bonds. The van der Waals surface area contributed by atoms with Crippen molar-refractivity contribution in [3.63, 3.8) is 0 Å². The van der Waals surface area contributed by atoms with E-state index < -0.39 is 35.8 Å². The summed E-state index contributed by atoms with van der Waals surface area (Å²) in [6, 6.07) is 13.4.